The van der Waals surface area contributed by atoms with E-state index in [-0.39, 0.29) is 12.4 Å². The summed E-state index contributed by atoms with van der Waals surface area (Å²) in [4.78, 5) is 0. The highest BCUT2D eigenvalue weighted by Crippen LogP contribution is 2.26. The molecule has 2 N–H and O–H groups in total. The second-order valence-corrected chi connectivity index (χ2v) is 5.18. The Hall–Kier alpha value is -2.07. The monoisotopic (exact) mass is 304 g/mol. The molecule has 0 saturated carbocycles. The molecule has 0 aliphatic carbocycles. The topological polar surface area (TPSA) is 49.7 Å². The van der Waals surface area contributed by atoms with Gasteiger partial charge in [0.1, 0.15) is 5.75 Å². The van der Waals surface area contributed by atoms with Gasteiger partial charge in [-0.1, -0.05) is 24.6 Å². The van der Waals surface area contributed by atoms with Crippen LogP contribution in [0.1, 0.15) is 25.7 Å². The fraction of sp³-hybridized carbons (Fsp3) is 0.333. The van der Waals surface area contributed by atoms with Gasteiger partial charge in [-0.05, 0) is 54.7 Å². The molecule has 0 bridgehead atoms. The molecule has 0 spiro atoms. The maximum atomic E-state index is 13.3. The van der Waals surface area contributed by atoms with Crippen molar-refractivity contribution in [2.75, 3.05) is 13.2 Å². The lowest BCUT2D eigenvalue weighted by Gasteiger charge is -2.08. The number of phenols is 1. The van der Waals surface area contributed by atoms with Crippen molar-refractivity contribution in [1.29, 1.82) is 0 Å². The average Bonchev–Trinajstić information content (AvgIpc) is 2.54. The molecule has 0 aliphatic rings. The van der Waals surface area contributed by atoms with Crippen LogP contribution in [-0.2, 0) is 0 Å². The minimum atomic E-state index is -0.624. The van der Waals surface area contributed by atoms with E-state index in [1.54, 1.807) is 6.07 Å². The van der Waals surface area contributed by atoms with E-state index in [9.17, 15) is 9.50 Å². The highest BCUT2D eigenvalue weighted by atomic mass is 19.1. The van der Waals surface area contributed by atoms with Gasteiger partial charge in [0, 0.05) is 6.61 Å². The second kappa shape index (κ2) is 8.39. The highest BCUT2D eigenvalue weighted by molar-refractivity contribution is 5.65. The number of hydrogen-bond donors (Lipinski definition) is 2. The van der Waals surface area contributed by atoms with Crippen LogP contribution in [0.5, 0.6) is 11.5 Å². The summed E-state index contributed by atoms with van der Waals surface area (Å²) in [5.41, 5.74) is 1.58. The molecule has 0 fully saturated rings. The number of hydrogen-bond acceptors (Lipinski definition) is 3. The number of rotatable bonds is 8. The summed E-state index contributed by atoms with van der Waals surface area (Å²) in [5.74, 6) is -0.184. The first-order valence-corrected chi connectivity index (χ1v) is 7.53. The van der Waals surface area contributed by atoms with Crippen molar-refractivity contribution in [3.63, 3.8) is 0 Å². The van der Waals surface area contributed by atoms with E-state index in [2.05, 4.69) is 0 Å². The van der Waals surface area contributed by atoms with E-state index < -0.39 is 5.82 Å². The largest absolute Gasteiger partial charge is 0.505 e. The number of aromatic hydroxyl groups is 1. The number of aliphatic hydroxyl groups is 1. The van der Waals surface area contributed by atoms with Crippen molar-refractivity contribution in [2.45, 2.75) is 25.7 Å². The maximum absolute atomic E-state index is 13.3. The third-order valence-corrected chi connectivity index (χ3v) is 3.46. The van der Waals surface area contributed by atoms with Gasteiger partial charge in [0.15, 0.2) is 11.6 Å². The van der Waals surface area contributed by atoms with E-state index in [0.717, 1.165) is 37.0 Å². The Morgan fingerprint density at radius 1 is 0.864 bits per heavy atom. The highest BCUT2D eigenvalue weighted by Gasteiger charge is 2.04. The van der Waals surface area contributed by atoms with E-state index in [1.165, 1.54) is 12.1 Å². The predicted octanol–water partition coefficient (Wildman–Crippen LogP) is 4.13. The molecule has 0 aromatic heterocycles. The van der Waals surface area contributed by atoms with Gasteiger partial charge in [-0.25, -0.2) is 4.39 Å². The fourth-order valence-corrected chi connectivity index (χ4v) is 2.19. The number of benzene rings is 2. The zero-order valence-electron chi connectivity index (χ0n) is 12.5. The Labute approximate surface area is 130 Å². The van der Waals surface area contributed by atoms with Crippen molar-refractivity contribution < 1.29 is 19.3 Å². The zero-order valence-corrected chi connectivity index (χ0v) is 12.5. The minimum absolute atomic E-state index is 0.250. The summed E-state index contributed by atoms with van der Waals surface area (Å²) in [7, 11) is 0. The second-order valence-electron chi connectivity index (χ2n) is 5.18. The van der Waals surface area contributed by atoms with Crippen LogP contribution in [0.4, 0.5) is 4.39 Å². The summed E-state index contributed by atoms with van der Waals surface area (Å²) in [5, 5.41) is 17.9. The van der Waals surface area contributed by atoms with Gasteiger partial charge in [0.2, 0.25) is 0 Å². The molecule has 0 radical (unpaired) electrons. The third-order valence-electron chi connectivity index (χ3n) is 3.46. The number of halogens is 1. The number of phenolic OH excluding ortho intramolecular Hbond substituents is 1. The molecule has 3 nitrogen and oxygen atoms in total. The van der Waals surface area contributed by atoms with Crippen molar-refractivity contribution in [2.24, 2.45) is 0 Å². The molecule has 0 amide bonds. The van der Waals surface area contributed by atoms with Gasteiger partial charge in [-0.3, -0.25) is 0 Å². The first-order valence-electron chi connectivity index (χ1n) is 7.53. The van der Waals surface area contributed by atoms with E-state index in [1.807, 2.05) is 24.3 Å². The van der Waals surface area contributed by atoms with Crippen LogP contribution in [0, 0.1) is 5.82 Å². The van der Waals surface area contributed by atoms with Crippen molar-refractivity contribution in [3.8, 4) is 22.6 Å². The summed E-state index contributed by atoms with van der Waals surface area (Å²) in [6, 6.07) is 11.8. The van der Waals surface area contributed by atoms with Crippen LogP contribution in [0.3, 0.4) is 0 Å². The Bertz CT molecular complexity index is 581. The smallest absolute Gasteiger partial charge is 0.165 e. The van der Waals surface area contributed by atoms with E-state index in [4.69, 9.17) is 9.84 Å². The van der Waals surface area contributed by atoms with Gasteiger partial charge in [-0.2, -0.15) is 0 Å². The summed E-state index contributed by atoms with van der Waals surface area (Å²) < 4.78 is 19.0. The normalized spacial score (nSPS) is 10.6. The van der Waals surface area contributed by atoms with E-state index >= 15 is 0 Å². The molecular formula is C18H21FO3. The lowest BCUT2D eigenvalue weighted by atomic mass is 10.1. The van der Waals surface area contributed by atoms with Crippen LogP contribution in [0.2, 0.25) is 0 Å². The maximum Gasteiger partial charge on any atom is 0.165 e. The van der Waals surface area contributed by atoms with Gasteiger partial charge >= 0.3 is 0 Å². The SMILES string of the molecule is OCCCCCCOc1ccc(-c2ccc(O)c(F)c2)cc1. The third kappa shape index (κ3) is 4.74. The average molecular weight is 304 g/mol. The molecule has 0 atom stereocenters. The number of ether oxygens (including phenoxy) is 1. The molecule has 0 unspecified atom stereocenters. The van der Waals surface area contributed by atoms with Gasteiger partial charge in [-0.15, -0.1) is 0 Å². The Kier molecular flexibility index (Phi) is 6.22. The summed E-state index contributed by atoms with van der Waals surface area (Å²) in [6.45, 7) is 0.902. The predicted molar refractivity (Wildman–Crippen MR) is 84.5 cm³/mol. The first-order chi connectivity index (χ1) is 10.7. The standard InChI is InChI=1S/C18H21FO3/c19-17-13-15(7-10-18(17)21)14-5-8-16(9-6-14)22-12-4-2-1-3-11-20/h5-10,13,20-21H,1-4,11-12H2. The molecule has 2 rings (SSSR count). The molecule has 22 heavy (non-hydrogen) atoms. The minimum Gasteiger partial charge on any atom is -0.505 e. The molecule has 0 aliphatic heterocycles. The molecule has 0 saturated heterocycles. The van der Waals surface area contributed by atoms with Gasteiger partial charge in [0.05, 0.1) is 6.61 Å². The zero-order chi connectivity index (χ0) is 15.8. The molecule has 2 aromatic carbocycles. The van der Waals surface area contributed by atoms with E-state index in [0.29, 0.717) is 12.2 Å². The molecular weight excluding hydrogens is 283 g/mol. The van der Waals surface area contributed by atoms with Crippen LogP contribution in [0.25, 0.3) is 11.1 Å². The van der Waals surface area contributed by atoms with Crippen LogP contribution < -0.4 is 4.74 Å². The first kappa shape index (κ1) is 16.3. The lowest BCUT2D eigenvalue weighted by Crippen LogP contribution is -1.97. The lowest BCUT2D eigenvalue weighted by molar-refractivity contribution is 0.273. The quantitative estimate of drug-likeness (QED) is 0.721. The fourth-order valence-electron chi connectivity index (χ4n) is 2.19. The van der Waals surface area contributed by atoms with Gasteiger partial charge in [0.25, 0.3) is 0 Å². The van der Waals surface area contributed by atoms with Crippen molar-refractivity contribution >= 4 is 0 Å². The van der Waals surface area contributed by atoms with Crippen LogP contribution >= 0.6 is 0 Å². The van der Waals surface area contributed by atoms with Crippen molar-refractivity contribution in [3.05, 3.63) is 48.3 Å². The molecule has 0 heterocycles. The Morgan fingerprint density at radius 3 is 2.23 bits per heavy atom. The molecule has 2 aromatic rings. The molecule has 4 heteroatoms. The summed E-state index contributed by atoms with van der Waals surface area (Å²) in [6.07, 6.45) is 3.87. The van der Waals surface area contributed by atoms with Crippen LogP contribution in [0.15, 0.2) is 42.5 Å². The summed E-state index contributed by atoms with van der Waals surface area (Å²) >= 11 is 0. The van der Waals surface area contributed by atoms with Crippen LogP contribution in [-0.4, -0.2) is 23.4 Å². The van der Waals surface area contributed by atoms with Gasteiger partial charge < -0.3 is 14.9 Å². The number of unbranched alkanes of at least 4 members (excludes halogenated alkanes) is 3. The number of aliphatic hydroxyl groups excluding tert-OH is 1. The Morgan fingerprint density at radius 2 is 1.55 bits per heavy atom. The molecule has 118 valence electrons. The Balaban J connectivity index is 1.86. The van der Waals surface area contributed by atoms with Crippen molar-refractivity contribution in [1.82, 2.24) is 0 Å².